The highest BCUT2D eigenvalue weighted by atomic mass is 35.5. The lowest BCUT2D eigenvalue weighted by Gasteiger charge is -2.35. The average molecular weight is 505 g/mol. The maximum absolute atomic E-state index is 14.8. The minimum atomic E-state index is -5.26. The number of amides is 2. The molecule has 2 aromatic carbocycles. The van der Waals surface area contributed by atoms with E-state index in [0.29, 0.717) is 0 Å². The van der Waals surface area contributed by atoms with Gasteiger partial charge in [-0.3, -0.25) is 14.4 Å². The molecular weight excluding hydrogens is 481 g/mol. The highest BCUT2D eigenvalue weighted by molar-refractivity contribution is 6.34. The van der Waals surface area contributed by atoms with Crippen LogP contribution in [0.15, 0.2) is 65.9 Å². The van der Waals surface area contributed by atoms with Crippen LogP contribution >= 0.6 is 11.6 Å². The van der Waals surface area contributed by atoms with Gasteiger partial charge >= 0.3 is 6.18 Å². The number of nitrogens with zero attached hydrogens (tertiary/aromatic N) is 1. The van der Waals surface area contributed by atoms with Gasteiger partial charge in [-0.25, -0.2) is 0 Å². The van der Waals surface area contributed by atoms with Gasteiger partial charge in [-0.05, 0) is 36.0 Å². The van der Waals surface area contributed by atoms with Crippen LogP contribution in [0.1, 0.15) is 42.6 Å². The van der Waals surface area contributed by atoms with Gasteiger partial charge in [0.25, 0.3) is 11.8 Å². The lowest BCUT2D eigenvalue weighted by atomic mass is 9.72. The standard InChI is InChI=1S/C26H24ClF3N2O3/c1-24(2)14-19-21(20(33)15-24)25(26(28,29)30,31-22(34)17-10-6-7-11-18(17)27)23(35)32(19)13-12-16-8-4-3-5-9-16/h3-11H,12-15H2,1-2H3,(H,31,34)/t25-/m1/s1. The number of hydrogen-bond acceptors (Lipinski definition) is 3. The number of allylic oxidation sites excluding steroid dienone is 1. The largest absolute Gasteiger partial charge is 0.425 e. The number of carbonyl (C=O) groups is 3. The molecule has 9 heteroatoms. The van der Waals surface area contributed by atoms with Crippen LogP contribution < -0.4 is 5.32 Å². The average Bonchev–Trinajstić information content (AvgIpc) is 3.00. The molecule has 0 fully saturated rings. The molecule has 1 aliphatic heterocycles. The van der Waals surface area contributed by atoms with E-state index in [9.17, 15) is 27.6 Å². The van der Waals surface area contributed by atoms with E-state index in [1.165, 1.54) is 24.3 Å². The van der Waals surface area contributed by atoms with E-state index >= 15 is 0 Å². The number of alkyl halides is 3. The predicted molar refractivity (Wildman–Crippen MR) is 125 cm³/mol. The zero-order valence-corrected chi connectivity index (χ0v) is 20.0. The second-order valence-corrected chi connectivity index (χ2v) is 10.0. The molecule has 2 amide bonds. The first kappa shape index (κ1) is 25.0. The number of Topliss-reactive ketones (excluding diaryl/α,β-unsaturated/α-hetero) is 1. The van der Waals surface area contributed by atoms with Crippen molar-refractivity contribution < 1.29 is 27.6 Å². The van der Waals surface area contributed by atoms with E-state index in [4.69, 9.17) is 11.6 Å². The lowest BCUT2D eigenvalue weighted by molar-refractivity contribution is -0.190. The summed E-state index contributed by atoms with van der Waals surface area (Å²) in [5, 5.41) is 1.84. The molecule has 0 saturated carbocycles. The van der Waals surface area contributed by atoms with E-state index in [2.05, 4.69) is 0 Å². The summed E-state index contributed by atoms with van der Waals surface area (Å²) in [6.45, 7) is 3.47. The van der Waals surface area contributed by atoms with Gasteiger partial charge in [0, 0.05) is 18.7 Å². The molecule has 0 unspecified atom stereocenters. The smallest absolute Gasteiger partial charge is 0.326 e. The molecule has 2 aliphatic rings. The lowest BCUT2D eigenvalue weighted by Crippen LogP contribution is -2.66. The van der Waals surface area contributed by atoms with E-state index in [-0.39, 0.29) is 42.1 Å². The van der Waals surface area contributed by atoms with Crippen molar-refractivity contribution in [2.45, 2.75) is 44.8 Å². The van der Waals surface area contributed by atoms with Gasteiger partial charge in [0.05, 0.1) is 16.2 Å². The zero-order chi connectivity index (χ0) is 25.6. The molecule has 1 N–H and O–H groups in total. The highest BCUT2D eigenvalue weighted by Gasteiger charge is 2.71. The molecule has 0 aromatic heterocycles. The van der Waals surface area contributed by atoms with Gasteiger partial charge in [0.1, 0.15) is 0 Å². The first-order chi connectivity index (χ1) is 16.4. The molecular formula is C26H24ClF3N2O3. The Morgan fingerprint density at radius 2 is 1.66 bits per heavy atom. The molecule has 184 valence electrons. The predicted octanol–water partition coefficient (Wildman–Crippen LogP) is 5.10. The summed E-state index contributed by atoms with van der Waals surface area (Å²) in [7, 11) is 0. The number of rotatable bonds is 5. The normalized spacial score (nSPS) is 21.8. The zero-order valence-electron chi connectivity index (χ0n) is 19.2. The molecule has 5 nitrogen and oxygen atoms in total. The second-order valence-electron chi connectivity index (χ2n) is 9.64. The molecule has 0 radical (unpaired) electrons. The number of ketones is 1. The molecule has 1 heterocycles. The van der Waals surface area contributed by atoms with Crippen molar-refractivity contribution in [2.24, 2.45) is 5.41 Å². The Balaban J connectivity index is 1.82. The van der Waals surface area contributed by atoms with E-state index in [1.807, 2.05) is 23.5 Å². The molecule has 35 heavy (non-hydrogen) atoms. The molecule has 2 aromatic rings. The Kier molecular flexibility index (Phi) is 6.30. The van der Waals surface area contributed by atoms with Crippen LogP contribution in [-0.4, -0.2) is 40.8 Å². The third-order valence-corrected chi connectivity index (χ3v) is 6.76. The number of benzene rings is 2. The summed E-state index contributed by atoms with van der Waals surface area (Å²) in [6, 6.07) is 14.6. The van der Waals surface area contributed by atoms with Crippen molar-refractivity contribution in [3.05, 3.63) is 82.0 Å². The van der Waals surface area contributed by atoms with E-state index in [0.717, 1.165) is 10.5 Å². The number of nitrogens with one attached hydrogen (secondary N) is 1. The van der Waals surface area contributed by atoms with Crippen LogP contribution in [0.4, 0.5) is 13.2 Å². The maximum Gasteiger partial charge on any atom is 0.425 e. The van der Waals surface area contributed by atoms with E-state index < -0.39 is 40.3 Å². The summed E-state index contributed by atoms with van der Waals surface area (Å²) in [4.78, 5) is 40.9. The van der Waals surface area contributed by atoms with Gasteiger partial charge in [0.15, 0.2) is 5.78 Å². The Labute approximate surface area is 205 Å². The first-order valence-electron chi connectivity index (χ1n) is 11.1. The first-order valence-corrected chi connectivity index (χ1v) is 11.5. The Bertz CT molecular complexity index is 1220. The third kappa shape index (κ3) is 4.35. The van der Waals surface area contributed by atoms with Crippen molar-refractivity contribution >= 4 is 29.2 Å². The minimum absolute atomic E-state index is 0.0176. The fourth-order valence-corrected chi connectivity index (χ4v) is 5.05. The third-order valence-electron chi connectivity index (χ3n) is 6.43. The number of hydrogen-bond donors (Lipinski definition) is 1. The summed E-state index contributed by atoms with van der Waals surface area (Å²) in [5.74, 6) is -3.36. The van der Waals surface area contributed by atoms with Gasteiger partial charge in [-0.2, -0.15) is 13.2 Å². The maximum atomic E-state index is 14.8. The van der Waals surface area contributed by atoms with Crippen molar-refractivity contribution in [1.82, 2.24) is 10.2 Å². The summed E-state index contributed by atoms with van der Waals surface area (Å²) in [6.07, 6.45) is -5.07. The quantitative estimate of drug-likeness (QED) is 0.616. The monoisotopic (exact) mass is 504 g/mol. The van der Waals surface area contributed by atoms with Crippen molar-refractivity contribution in [1.29, 1.82) is 0 Å². The molecule has 1 atom stereocenters. The molecule has 0 saturated heterocycles. The van der Waals surface area contributed by atoms with Crippen molar-refractivity contribution in [2.75, 3.05) is 6.54 Å². The number of halogens is 4. The van der Waals surface area contributed by atoms with Crippen LogP contribution in [-0.2, 0) is 16.0 Å². The SMILES string of the molecule is CC1(C)CC(=O)C2=C(C1)N(CCc1ccccc1)C(=O)[C@@]2(NC(=O)c1ccccc1Cl)C(F)(F)F. The van der Waals surface area contributed by atoms with Crippen LogP contribution in [0.25, 0.3) is 0 Å². The fraction of sp³-hybridized carbons (Fsp3) is 0.346. The van der Waals surface area contributed by atoms with Crippen LogP contribution in [0.2, 0.25) is 5.02 Å². The highest BCUT2D eigenvalue weighted by Crippen LogP contribution is 2.51. The Morgan fingerprint density at radius 1 is 1.03 bits per heavy atom. The van der Waals surface area contributed by atoms with Gasteiger partial charge in [0.2, 0.25) is 5.54 Å². The fourth-order valence-electron chi connectivity index (χ4n) is 4.83. The van der Waals surface area contributed by atoms with Gasteiger partial charge in [-0.15, -0.1) is 0 Å². The minimum Gasteiger partial charge on any atom is -0.326 e. The molecule has 1 aliphatic carbocycles. The van der Waals surface area contributed by atoms with Crippen LogP contribution in [0.5, 0.6) is 0 Å². The summed E-state index contributed by atoms with van der Waals surface area (Å²) in [5.41, 5.74) is -4.20. The van der Waals surface area contributed by atoms with Crippen LogP contribution in [0, 0.1) is 5.41 Å². The molecule has 0 spiro atoms. The van der Waals surface area contributed by atoms with Crippen molar-refractivity contribution in [3.8, 4) is 0 Å². The summed E-state index contributed by atoms with van der Waals surface area (Å²) >= 11 is 6.03. The topological polar surface area (TPSA) is 66.5 Å². The van der Waals surface area contributed by atoms with Crippen molar-refractivity contribution in [3.63, 3.8) is 0 Å². The van der Waals surface area contributed by atoms with Gasteiger partial charge in [-0.1, -0.05) is 67.9 Å². The summed E-state index contributed by atoms with van der Waals surface area (Å²) < 4.78 is 44.5. The Morgan fingerprint density at radius 3 is 2.29 bits per heavy atom. The van der Waals surface area contributed by atoms with E-state index in [1.54, 1.807) is 26.0 Å². The second kappa shape index (κ2) is 8.82. The molecule has 0 bridgehead atoms. The molecule has 4 rings (SSSR count). The number of carbonyl (C=O) groups excluding carboxylic acids is 3. The van der Waals surface area contributed by atoms with Gasteiger partial charge < -0.3 is 10.2 Å². The van der Waals surface area contributed by atoms with Crippen LogP contribution in [0.3, 0.4) is 0 Å². The Hall–Kier alpha value is -3.13.